The molecule has 0 spiro atoms. The minimum Gasteiger partial charge on any atom is -0.444 e. The van der Waals surface area contributed by atoms with Gasteiger partial charge in [-0.05, 0) is 39.7 Å². The number of aryl methyl sites for hydroxylation is 1. The topological polar surface area (TPSA) is 77.5 Å². The van der Waals surface area contributed by atoms with Crippen molar-refractivity contribution in [1.29, 1.82) is 0 Å². The molecule has 21 heavy (non-hydrogen) atoms. The normalized spacial score (nSPS) is 10.9. The fraction of sp³-hybridized carbons (Fsp3) is 0.533. The zero-order valence-corrected chi connectivity index (χ0v) is 12.9. The van der Waals surface area contributed by atoms with Crippen LogP contribution in [0.15, 0.2) is 18.3 Å². The number of carbonyl (C=O) groups is 2. The third-order valence-electron chi connectivity index (χ3n) is 2.38. The Labute approximate surface area is 124 Å². The maximum atomic E-state index is 11.5. The van der Waals surface area contributed by atoms with Gasteiger partial charge in [-0.25, -0.2) is 9.78 Å². The Morgan fingerprint density at radius 3 is 2.67 bits per heavy atom. The van der Waals surface area contributed by atoms with Gasteiger partial charge in [0.25, 0.3) is 0 Å². The number of pyridine rings is 1. The highest BCUT2D eigenvalue weighted by molar-refractivity contribution is 5.69. The van der Waals surface area contributed by atoms with Crippen molar-refractivity contribution < 1.29 is 19.1 Å². The van der Waals surface area contributed by atoms with Crippen LogP contribution < -0.4 is 10.1 Å². The number of esters is 1. The van der Waals surface area contributed by atoms with E-state index in [0.717, 1.165) is 5.56 Å². The largest absolute Gasteiger partial charge is 0.444 e. The van der Waals surface area contributed by atoms with Crippen molar-refractivity contribution in [2.45, 2.75) is 46.1 Å². The summed E-state index contributed by atoms with van der Waals surface area (Å²) >= 11 is 0. The van der Waals surface area contributed by atoms with E-state index in [1.807, 2.05) is 26.8 Å². The summed E-state index contributed by atoms with van der Waals surface area (Å²) in [5, 5.41) is 2.68. The van der Waals surface area contributed by atoms with Crippen molar-refractivity contribution in [2.24, 2.45) is 0 Å². The van der Waals surface area contributed by atoms with E-state index in [4.69, 9.17) is 9.47 Å². The molecule has 6 nitrogen and oxygen atoms in total. The fourth-order valence-electron chi connectivity index (χ4n) is 1.63. The molecule has 0 bridgehead atoms. The van der Waals surface area contributed by atoms with Crippen LogP contribution in [0.25, 0.3) is 0 Å². The van der Waals surface area contributed by atoms with Gasteiger partial charge >= 0.3 is 12.1 Å². The van der Waals surface area contributed by atoms with Crippen LogP contribution in [0.3, 0.4) is 0 Å². The number of nitrogens with zero attached hydrogens (tertiary/aromatic N) is 1. The Balaban J connectivity index is 2.39. The Kier molecular flexibility index (Phi) is 6.14. The monoisotopic (exact) mass is 294 g/mol. The van der Waals surface area contributed by atoms with Gasteiger partial charge in [0.05, 0.1) is 0 Å². The van der Waals surface area contributed by atoms with Gasteiger partial charge in [-0.3, -0.25) is 4.79 Å². The number of hydrogen-bond acceptors (Lipinski definition) is 5. The SMILES string of the molecule is CC(=O)Oc1ncccc1CCCNC(=O)OC(C)(C)C. The highest BCUT2D eigenvalue weighted by Crippen LogP contribution is 2.16. The average Bonchev–Trinajstić information content (AvgIpc) is 2.33. The predicted octanol–water partition coefficient (Wildman–Crippen LogP) is 2.46. The van der Waals surface area contributed by atoms with Crippen LogP contribution in [0.1, 0.15) is 39.7 Å². The minimum absolute atomic E-state index is 0.322. The van der Waals surface area contributed by atoms with Gasteiger partial charge in [0, 0.05) is 25.2 Å². The number of nitrogens with one attached hydrogen (secondary N) is 1. The van der Waals surface area contributed by atoms with Crippen molar-refractivity contribution in [2.75, 3.05) is 6.54 Å². The second kappa shape index (κ2) is 7.61. The summed E-state index contributed by atoms with van der Waals surface area (Å²) in [5.41, 5.74) is 0.328. The molecule has 0 fully saturated rings. The zero-order valence-electron chi connectivity index (χ0n) is 12.9. The standard InChI is InChI=1S/C15H22N2O4/c1-11(18)20-13-12(7-5-9-16-13)8-6-10-17-14(19)21-15(2,3)4/h5,7,9H,6,8,10H2,1-4H3,(H,17,19). The maximum Gasteiger partial charge on any atom is 0.407 e. The molecule has 0 radical (unpaired) electrons. The molecule has 116 valence electrons. The number of rotatable bonds is 5. The molecule has 0 aromatic carbocycles. The first-order valence-electron chi connectivity index (χ1n) is 6.87. The molecule has 0 saturated heterocycles. The predicted molar refractivity (Wildman–Crippen MR) is 78.1 cm³/mol. The van der Waals surface area contributed by atoms with Gasteiger partial charge in [-0.2, -0.15) is 0 Å². The zero-order chi connectivity index (χ0) is 15.9. The molecule has 0 atom stereocenters. The summed E-state index contributed by atoms with van der Waals surface area (Å²) in [7, 11) is 0. The highest BCUT2D eigenvalue weighted by atomic mass is 16.6. The molecular weight excluding hydrogens is 272 g/mol. The van der Waals surface area contributed by atoms with Crippen molar-refractivity contribution in [1.82, 2.24) is 10.3 Å². The quantitative estimate of drug-likeness (QED) is 0.666. The van der Waals surface area contributed by atoms with Gasteiger partial charge in [0.2, 0.25) is 5.88 Å². The minimum atomic E-state index is -0.504. The molecule has 1 rings (SSSR count). The molecule has 0 aliphatic rings. The first kappa shape index (κ1) is 16.9. The molecular formula is C15H22N2O4. The second-order valence-corrected chi connectivity index (χ2v) is 5.59. The van der Waals surface area contributed by atoms with E-state index in [0.29, 0.717) is 25.3 Å². The van der Waals surface area contributed by atoms with E-state index in [2.05, 4.69) is 10.3 Å². The third-order valence-corrected chi connectivity index (χ3v) is 2.38. The fourth-order valence-corrected chi connectivity index (χ4v) is 1.63. The average molecular weight is 294 g/mol. The Morgan fingerprint density at radius 1 is 1.33 bits per heavy atom. The number of alkyl carbamates (subject to hydrolysis) is 1. The van der Waals surface area contributed by atoms with Gasteiger partial charge in [-0.15, -0.1) is 0 Å². The summed E-state index contributed by atoms with van der Waals surface area (Å²) in [4.78, 5) is 26.5. The second-order valence-electron chi connectivity index (χ2n) is 5.59. The van der Waals surface area contributed by atoms with Crippen LogP contribution in [-0.4, -0.2) is 29.2 Å². The van der Waals surface area contributed by atoms with Gasteiger partial charge in [0.15, 0.2) is 0 Å². The lowest BCUT2D eigenvalue weighted by Crippen LogP contribution is -2.33. The molecule has 0 aliphatic carbocycles. The lowest BCUT2D eigenvalue weighted by atomic mass is 10.1. The van der Waals surface area contributed by atoms with Crippen molar-refractivity contribution >= 4 is 12.1 Å². The molecule has 0 aliphatic heterocycles. The van der Waals surface area contributed by atoms with E-state index in [1.54, 1.807) is 12.3 Å². The summed E-state index contributed by atoms with van der Waals surface area (Å²) < 4.78 is 10.2. The van der Waals surface area contributed by atoms with Crippen LogP contribution in [0.2, 0.25) is 0 Å². The lowest BCUT2D eigenvalue weighted by Gasteiger charge is -2.19. The van der Waals surface area contributed by atoms with E-state index in [-0.39, 0.29) is 0 Å². The summed E-state index contributed by atoms with van der Waals surface area (Å²) in [6, 6.07) is 3.63. The molecule has 1 N–H and O–H groups in total. The van der Waals surface area contributed by atoms with Crippen LogP contribution in [-0.2, 0) is 16.0 Å². The number of hydrogen-bond donors (Lipinski definition) is 1. The van der Waals surface area contributed by atoms with Crippen LogP contribution in [0.4, 0.5) is 4.79 Å². The number of ether oxygens (including phenoxy) is 2. The number of amides is 1. The lowest BCUT2D eigenvalue weighted by molar-refractivity contribution is -0.132. The smallest absolute Gasteiger partial charge is 0.407 e. The molecule has 6 heteroatoms. The maximum absolute atomic E-state index is 11.5. The van der Waals surface area contributed by atoms with Gasteiger partial charge in [0.1, 0.15) is 5.60 Å². The number of aromatic nitrogens is 1. The third kappa shape index (κ3) is 7.29. The van der Waals surface area contributed by atoms with Crippen LogP contribution in [0, 0.1) is 0 Å². The van der Waals surface area contributed by atoms with Crippen molar-refractivity contribution in [3.63, 3.8) is 0 Å². The molecule has 1 aromatic heterocycles. The Morgan fingerprint density at radius 2 is 2.05 bits per heavy atom. The number of carbonyl (C=O) groups excluding carboxylic acids is 2. The first-order valence-corrected chi connectivity index (χ1v) is 6.87. The molecule has 1 aromatic rings. The summed E-state index contributed by atoms with van der Waals surface area (Å²) in [5.74, 6) is -0.0795. The molecule has 1 amide bonds. The van der Waals surface area contributed by atoms with E-state index in [9.17, 15) is 9.59 Å². The highest BCUT2D eigenvalue weighted by Gasteiger charge is 2.15. The van der Waals surface area contributed by atoms with Crippen LogP contribution in [0.5, 0.6) is 5.88 Å². The van der Waals surface area contributed by atoms with Crippen molar-refractivity contribution in [3.05, 3.63) is 23.9 Å². The first-order chi connectivity index (χ1) is 9.78. The van der Waals surface area contributed by atoms with E-state index >= 15 is 0 Å². The van der Waals surface area contributed by atoms with E-state index in [1.165, 1.54) is 6.92 Å². The summed E-state index contributed by atoms with van der Waals surface area (Å²) in [6.07, 6.45) is 2.47. The van der Waals surface area contributed by atoms with Gasteiger partial charge in [-0.1, -0.05) is 6.07 Å². The van der Waals surface area contributed by atoms with Crippen molar-refractivity contribution in [3.8, 4) is 5.88 Å². The van der Waals surface area contributed by atoms with Crippen LogP contribution >= 0.6 is 0 Å². The molecule has 1 heterocycles. The van der Waals surface area contributed by atoms with Gasteiger partial charge < -0.3 is 14.8 Å². The summed E-state index contributed by atoms with van der Waals surface area (Å²) in [6.45, 7) is 7.25. The Bertz CT molecular complexity index is 495. The molecule has 0 unspecified atom stereocenters. The van der Waals surface area contributed by atoms with E-state index < -0.39 is 17.7 Å². The molecule has 0 saturated carbocycles. The Hall–Kier alpha value is -2.11.